The molecule has 0 unspecified atom stereocenters. The lowest BCUT2D eigenvalue weighted by Crippen LogP contribution is -2.38. The van der Waals surface area contributed by atoms with E-state index in [4.69, 9.17) is 4.74 Å². The number of fused-ring (bicyclic) bond motifs is 1. The van der Waals surface area contributed by atoms with Crippen LogP contribution in [0.5, 0.6) is 0 Å². The van der Waals surface area contributed by atoms with E-state index in [1.165, 1.54) is 4.31 Å². The van der Waals surface area contributed by atoms with Crippen molar-refractivity contribution in [2.45, 2.75) is 49.8 Å². The van der Waals surface area contributed by atoms with Crippen LogP contribution in [0.25, 0.3) is 10.8 Å². The Hall–Kier alpha value is -1.47. The number of ether oxygens (including phenoxy) is 1. The minimum atomic E-state index is -3.69. The van der Waals surface area contributed by atoms with Gasteiger partial charge in [-0.15, -0.1) is 0 Å². The maximum atomic E-state index is 13.1. The van der Waals surface area contributed by atoms with E-state index < -0.39 is 16.1 Å². The summed E-state index contributed by atoms with van der Waals surface area (Å²) in [6, 6.07) is 12.3. The number of aliphatic hydroxyl groups is 1. The Bertz CT molecular complexity index is 857. The third-order valence-electron chi connectivity index (χ3n) is 4.38. The number of rotatable bonds is 4. The van der Waals surface area contributed by atoms with Crippen molar-refractivity contribution in [2.75, 3.05) is 13.2 Å². The molecule has 1 saturated heterocycles. The van der Waals surface area contributed by atoms with Gasteiger partial charge in [-0.3, -0.25) is 0 Å². The third kappa shape index (κ3) is 3.87. The summed E-state index contributed by atoms with van der Waals surface area (Å²) in [5.41, 5.74) is -0.354. The molecular weight excluding hydrogens is 338 g/mol. The molecule has 1 heterocycles. The monoisotopic (exact) mass is 363 g/mol. The minimum absolute atomic E-state index is 0.211. The van der Waals surface area contributed by atoms with Gasteiger partial charge in [-0.1, -0.05) is 30.3 Å². The highest BCUT2D eigenvalue weighted by Gasteiger charge is 2.41. The molecule has 3 rings (SSSR count). The predicted octanol–water partition coefficient (Wildman–Crippen LogP) is 2.78. The summed E-state index contributed by atoms with van der Waals surface area (Å²) in [5, 5.41) is 11.5. The number of hydrogen-bond donors (Lipinski definition) is 1. The Morgan fingerprint density at radius 2 is 1.84 bits per heavy atom. The predicted molar refractivity (Wildman–Crippen MR) is 98.0 cm³/mol. The standard InChI is InChI=1S/C19H25NO4S/c1-19(2,3)24-17-11-16(13-21)20(12-17)25(22,23)18-9-8-14-6-4-5-7-15(14)10-18/h4-10,16-17,21H,11-13H2,1-3H3/t16-,17+/m0/s1. The van der Waals surface area contributed by atoms with Crippen LogP contribution in [0.2, 0.25) is 0 Å². The Kier molecular flexibility index (Phi) is 4.90. The van der Waals surface area contributed by atoms with E-state index in [0.717, 1.165) is 10.8 Å². The number of aliphatic hydroxyl groups excluding tert-OH is 1. The summed E-state index contributed by atoms with van der Waals surface area (Å²) in [7, 11) is -3.69. The summed E-state index contributed by atoms with van der Waals surface area (Å²) in [5.74, 6) is 0. The summed E-state index contributed by atoms with van der Waals surface area (Å²) in [4.78, 5) is 0.251. The minimum Gasteiger partial charge on any atom is -0.395 e. The van der Waals surface area contributed by atoms with Crippen molar-refractivity contribution in [2.24, 2.45) is 0 Å². The molecule has 136 valence electrons. The normalized spacial score (nSPS) is 22.6. The van der Waals surface area contributed by atoms with Crippen molar-refractivity contribution < 1.29 is 18.3 Å². The lowest BCUT2D eigenvalue weighted by Gasteiger charge is -2.25. The highest BCUT2D eigenvalue weighted by Crippen LogP contribution is 2.30. The van der Waals surface area contributed by atoms with Gasteiger partial charge in [0.25, 0.3) is 0 Å². The van der Waals surface area contributed by atoms with Gasteiger partial charge in [-0.25, -0.2) is 8.42 Å². The summed E-state index contributed by atoms with van der Waals surface area (Å²) < 4.78 is 33.6. The zero-order chi connectivity index (χ0) is 18.2. The lowest BCUT2D eigenvalue weighted by atomic mass is 10.1. The first-order chi connectivity index (χ1) is 11.7. The summed E-state index contributed by atoms with van der Waals surface area (Å²) in [6.45, 7) is 5.89. The van der Waals surface area contributed by atoms with Crippen LogP contribution in [0.3, 0.4) is 0 Å². The molecule has 0 radical (unpaired) electrons. The van der Waals surface area contributed by atoms with Gasteiger partial charge in [0, 0.05) is 6.54 Å². The Morgan fingerprint density at radius 1 is 1.16 bits per heavy atom. The molecule has 5 nitrogen and oxygen atoms in total. The number of sulfonamides is 1. The maximum absolute atomic E-state index is 13.1. The molecule has 0 saturated carbocycles. The number of benzene rings is 2. The van der Waals surface area contributed by atoms with E-state index in [-0.39, 0.29) is 29.8 Å². The SMILES string of the molecule is CC(C)(C)O[C@@H]1C[C@@H](CO)N(S(=O)(=O)c2ccc3ccccc3c2)C1. The van der Waals surface area contributed by atoms with Crippen molar-refractivity contribution in [3.05, 3.63) is 42.5 Å². The van der Waals surface area contributed by atoms with Crippen molar-refractivity contribution in [3.63, 3.8) is 0 Å². The van der Waals surface area contributed by atoms with Crippen LogP contribution in [-0.2, 0) is 14.8 Å². The van der Waals surface area contributed by atoms with E-state index >= 15 is 0 Å². The van der Waals surface area contributed by atoms with Gasteiger partial charge in [-0.2, -0.15) is 4.31 Å². The second-order valence-corrected chi connectivity index (χ2v) is 9.40. The molecule has 1 aliphatic rings. The quantitative estimate of drug-likeness (QED) is 0.907. The summed E-state index contributed by atoms with van der Waals surface area (Å²) >= 11 is 0. The van der Waals surface area contributed by atoms with Gasteiger partial charge in [0.2, 0.25) is 10.0 Å². The molecular formula is C19H25NO4S. The molecule has 25 heavy (non-hydrogen) atoms. The molecule has 0 aliphatic carbocycles. The smallest absolute Gasteiger partial charge is 0.243 e. The maximum Gasteiger partial charge on any atom is 0.243 e. The van der Waals surface area contributed by atoms with E-state index in [9.17, 15) is 13.5 Å². The van der Waals surface area contributed by atoms with Gasteiger partial charge < -0.3 is 9.84 Å². The van der Waals surface area contributed by atoms with Crippen molar-refractivity contribution in [3.8, 4) is 0 Å². The average molecular weight is 363 g/mol. The molecule has 1 aliphatic heterocycles. The molecule has 1 fully saturated rings. The largest absolute Gasteiger partial charge is 0.395 e. The second-order valence-electron chi connectivity index (χ2n) is 7.51. The second kappa shape index (κ2) is 6.68. The summed E-state index contributed by atoms with van der Waals surface area (Å²) in [6.07, 6.45) is 0.285. The van der Waals surface area contributed by atoms with E-state index in [2.05, 4.69) is 0 Å². The fourth-order valence-electron chi connectivity index (χ4n) is 3.35. The van der Waals surface area contributed by atoms with Gasteiger partial charge in [0.05, 0.1) is 29.2 Å². The van der Waals surface area contributed by atoms with Gasteiger partial charge in [0.1, 0.15) is 0 Å². The van der Waals surface area contributed by atoms with Gasteiger partial charge in [0.15, 0.2) is 0 Å². The Labute approximate surface area is 149 Å². The molecule has 2 aromatic carbocycles. The van der Waals surface area contributed by atoms with Crippen molar-refractivity contribution >= 4 is 20.8 Å². The van der Waals surface area contributed by atoms with Crippen LogP contribution in [0.1, 0.15) is 27.2 Å². The number of hydrogen-bond acceptors (Lipinski definition) is 4. The van der Waals surface area contributed by atoms with Crippen molar-refractivity contribution in [1.29, 1.82) is 0 Å². The van der Waals surface area contributed by atoms with Crippen LogP contribution in [0.4, 0.5) is 0 Å². The molecule has 0 amide bonds. The fraction of sp³-hybridized carbons (Fsp3) is 0.474. The first-order valence-corrected chi connectivity index (χ1v) is 9.94. The first kappa shape index (κ1) is 18.3. The van der Waals surface area contributed by atoms with Crippen LogP contribution in [-0.4, -0.2) is 48.7 Å². The molecule has 0 aromatic heterocycles. The third-order valence-corrected chi connectivity index (χ3v) is 6.30. The zero-order valence-corrected chi connectivity index (χ0v) is 15.7. The van der Waals surface area contributed by atoms with Crippen LogP contribution < -0.4 is 0 Å². The van der Waals surface area contributed by atoms with E-state index in [0.29, 0.717) is 6.42 Å². The average Bonchev–Trinajstić information content (AvgIpc) is 2.96. The van der Waals surface area contributed by atoms with Crippen LogP contribution in [0.15, 0.2) is 47.4 Å². The van der Waals surface area contributed by atoms with E-state index in [1.807, 2.05) is 51.1 Å². The Balaban J connectivity index is 1.91. The number of nitrogens with zero attached hydrogens (tertiary/aromatic N) is 1. The molecule has 2 atom stereocenters. The molecule has 1 N–H and O–H groups in total. The zero-order valence-electron chi connectivity index (χ0n) is 14.8. The van der Waals surface area contributed by atoms with Crippen molar-refractivity contribution in [1.82, 2.24) is 4.31 Å². The highest BCUT2D eigenvalue weighted by molar-refractivity contribution is 7.89. The molecule has 6 heteroatoms. The topological polar surface area (TPSA) is 66.8 Å². The molecule has 0 bridgehead atoms. The Morgan fingerprint density at radius 3 is 2.48 bits per heavy atom. The molecule has 2 aromatic rings. The highest BCUT2D eigenvalue weighted by atomic mass is 32.2. The molecule has 0 spiro atoms. The van der Waals surface area contributed by atoms with Gasteiger partial charge in [-0.05, 0) is 50.1 Å². The van der Waals surface area contributed by atoms with Crippen LogP contribution in [0, 0.1) is 0 Å². The van der Waals surface area contributed by atoms with Gasteiger partial charge >= 0.3 is 0 Å². The fourth-order valence-corrected chi connectivity index (χ4v) is 5.05. The van der Waals surface area contributed by atoms with Crippen LogP contribution >= 0.6 is 0 Å². The first-order valence-electron chi connectivity index (χ1n) is 8.50. The van der Waals surface area contributed by atoms with E-state index in [1.54, 1.807) is 12.1 Å². The lowest BCUT2D eigenvalue weighted by molar-refractivity contribution is -0.0527.